The van der Waals surface area contributed by atoms with E-state index in [4.69, 9.17) is 0 Å². The summed E-state index contributed by atoms with van der Waals surface area (Å²) < 4.78 is 0. The first kappa shape index (κ1) is 12.1. The number of nitrogens with one attached hydrogen (secondary N) is 2. The predicted octanol–water partition coefficient (Wildman–Crippen LogP) is 2.26. The van der Waals surface area contributed by atoms with Gasteiger partial charge < -0.3 is 10.6 Å². The summed E-state index contributed by atoms with van der Waals surface area (Å²) in [6.07, 6.45) is 1.16. The molecule has 1 aliphatic heterocycles. The van der Waals surface area contributed by atoms with Crippen molar-refractivity contribution < 1.29 is 0 Å². The normalized spacial score (nSPS) is 18.4. The molecule has 0 aliphatic carbocycles. The second-order valence-electron chi connectivity index (χ2n) is 4.75. The molecule has 0 amide bonds. The summed E-state index contributed by atoms with van der Waals surface area (Å²) in [6, 6.07) is 4.51. The van der Waals surface area contributed by atoms with Crippen LogP contribution in [0.25, 0.3) is 0 Å². The molecule has 1 unspecified atom stereocenters. The van der Waals surface area contributed by atoms with Gasteiger partial charge in [-0.3, -0.25) is 0 Å². The number of thiophene rings is 1. The number of hydrogen-bond acceptors (Lipinski definition) is 3. The van der Waals surface area contributed by atoms with Crippen LogP contribution in [0.2, 0.25) is 0 Å². The zero-order valence-corrected chi connectivity index (χ0v) is 11.1. The molecule has 2 N–H and O–H groups in total. The van der Waals surface area contributed by atoms with E-state index in [9.17, 15) is 0 Å². The van der Waals surface area contributed by atoms with E-state index >= 15 is 0 Å². The van der Waals surface area contributed by atoms with Gasteiger partial charge in [-0.15, -0.1) is 11.3 Å². The van der Waals surface area contributed by atoms with Crippen LogP contribution in [0.15, 0.2) is 12.1 Å². The zero-order chi connectivity index (χ0) is 11.4. The van der Waals surface area contributed by atoms with E-state index in [1.165, 1.54) is 22.8 Å². The molecule has 1 aromatic heterocycles. The van der Waals surface area contributed by atoms with Gasteiger partial charge in [0.2, 0.25) is 0 Å². The van der Waals surface area contributed by atoms with Crippen LogP contribution < -0.4 is 10.6 Å². The molecular formula is C13H22N2S. The minimum atomic E-state index is 0.798. The Morgan fingerprint density at radius 2 is 2.19 bits per heavy atom. The Hall–Kier alpha value is -0.380. The molecule has 1 fully saturated rings. The largest absolute Gasteiger partial charge is 0.316 e. The maximum Gasteiger partial charge on any atom is 0.0299 e. The molecule has 0 spiro atoms. The summed E-state index contributed by atoms with van der Waals surface area (Å²) in [5.41, 5.74) is 0. The van der Waals surface area contributed by atoms with Crippen LogP contribution in [0.3, 0.4) is 0 Å². The van der Waals surface area contributed by atoms with Crippen molar-refractivity contribution >= 4 is 11.3 Å². The van der Waals surface area contributed by atoms with Gasteiger partial charge in [-0.25, -0.2) is 0 Å². The summed E-state index contributed by atoms with van der Waals surface area (Å²) in [7, 11) is 0. The summed E-state index contributed by atoms with van der Waals surface area (Å²) in [6.45, 7) is 9.17. The lowest BCUT2D eigenvalue weighted by molar-refractivity contribution is 0.242. The lowest BCUT2D eigenvalue weighted by Gasteiger charge is -2.32. The first-order valence-corrected chi connectivity index (χ1v) is 7.10. The lowest BCUT2D eigenvalue weighted by Crippen LogP contribution is -2.47. The highest BCUT2D eigenvalue weighted by atomic mass is 32.1. The third-order valence-corrected chi connectivity index (χ3v) is 4.68. The van der Waals surface area contributed by atoms with Crippen LogP contribution >= 0.6 is 11.3 Å². The second-order valence-corrected chi connectivity index (χ2v) is 6.00. The smallest absolute Gasteiger partial charge is 0.0299 e. The van der Waals surface area contributed by atoms with Gasteiger partial charge in [0, 0.05) is 16.3 Å². The molecular weight excluding hydrogens is 216 g/mol. The van der Waals surface area contributed by atoms with Gasteiger partial charge in [-0.1, -0.05) is 13.8 Å². The molecule has 1 saturated heterocycles. The molecule has 90 valence electrons. The third-order valence-electron chi connectivity index (χ3n) is 3.45. The molecule has 2 nitrogen and oxygen atoms in total. The fraction of sp³-hybridized carbons (Fsp3) is 0.692. The molecule has 2 rings (SSSR count). The Balaban J connectivity index is 1.66. The Morgan fingerprint density at radius 3 is 2.75 bits per heavy atom. The van der Waals surface area contributed by atoms with E-state index < -0.39 is 0 Å². The van der Waals surface area contributed by atoms with Crippen LogP contribution in [-0.4, -0.2) is 19.6 Å². The van der Waals surface area contributed by atoms with E-state index in [2.05, 4.69) is 36.6 Å². The monoisotopic (exact) mass is 238 g/mol. The fourth-order valence-electron chi connectivity index (χ4n) is 2.01. The molecule has 1 aliphatic rings. The van der Waals surface area contributed by atoms with Crippen LogP contribution in [-0.2, 0) is 13.0 Å². The van der Waals surface area contributed by atoms with Gasteiger partial charge in [0.05, 0.1) is 0 Å². The van der Waals surface area contributed by atoms with Crippen molar-refractivity contribution in [2.45, 2.75) is 26.8 Å². The summed E-state index contributed by atoms with van der Waals surface area (Å²) in [5, 5.41) is 6.91. The highest BCUT2D eigenvalue weighted by molar-refractivity contribution is 7.11. The van der Waals surface area contributed by atoms with E-state index in [1.807, 2.05) is 11.3 Å². The maximum absolute atomic E-state index is 3.57. The van der Waals surface area contributed by atoms with Gasteiger partial charge in [-0.05, 0) is 50.0 Å². The van der Waals surface area contributed by atoms with Crippen molar-refractivity contribution in [2.75, 3.05) is 19.6 Å². The van der Waals surface area contributed by atoms with Gasteiger partial charge in [0.1, 0.15) is 0 Å². The molecule has 0 aromatic carbocycles. The van der Waals surface area contributed by atoms with Crippen LogP contribution in [0.4, 0.5) is 0 Å². The molecule has 0 radical (unpaired) electrons. The molecule has 1 atom stereocenters. The van der Waals surface area contributed by atoms with Crippen LogP contribution in [0, 0.1) is 11.8 Å². The Bertz CT molecular complexity index is 317. The number of rotatable bonds is 6. The van der Waals surface area contributed by atoms with Gasteiger partial charge in [-0.2, -0.15) is 0 Å². The Morgan fingerprint density at radius 1 is 1.44 bits per heavy atom. The van der Waals surface area contributed by atoms with E-state index in [0.29, 0.717) is 0 Å². The molecule has 2 heterocycles. The Kier molecular flexibility index (Phi) is 4.38. The average molecular weight is 238 g/mol. The van der Waals surface area contributed by atoms with Crippen molar-refractivity contribution in [1.29, 1.82) is 0 Å². The molecule has 3 heteroatoms. The topological polar surface area (TPSA) is 24.1 Å². The summed E-state index contributed by atoms with van der Waals surface area (Å²) >= 11 is 1.94. The Labute approximate surface area is 102 Å². The zero-order valence-electron chi connectivity index (χ0n) is 10.3. The quantitative estimate of drug-likeness (QED) is 0.794. The fourth-order valence-corrected chi connectivity index (χ4v) is 2.94. The van der Waals surface area contributed by atoms with Crippen molar-refractivity contribution in [1.82, 2.24) is 10.6 Å². The van der Waals surface area contributed by atoms with E-state index in [1.54, 1.807) is 0 Å². The van der Waals surface area contributed by atoms with Crippen molar-refractivity contribution in [3.05, 3.63) is 21.9 Å². The van der Waals surface area contributed by atoms with Crippen molar-refractivity contribution in [2.24, 2.45) is 11.8 Å². The first-order valence-electron chi connectivity index (χ1n) is 6.28. The molecule has 1 aromatic rings. The summed E-state index contributed by atoms with van der Waals surface area (Å²) in [4.78, 5) is 2.96. The van der Waals surface area contributed by atoms with E-state index in [0.717, 1.165) is 31.3 Å². The molecule has 0 bridgehead atoms. The third kappa shape index (κ3) is 3.06. The van der Waals surface area contributed by atoms with Crippen molar-refractivity contribution in [3.63, 3.8) is 0 Å². The average Bonchev–Trinajstić information content (AvgIpc) is 2.63. The predicted molar refractivity (Wildman–Crippen MR) is 70.9 cm³/mol. The minimum Gasteiger partial charge on any atom is -0.316 e. The van der Waals surface area contributed by atoms with Crippen LogP contribution in [0.1, 0.15) is 23.6 Å². The highest BCUT2D eigenvalue weighted by Crippen LogP contribution is 2.18. The number of aryl methyl sites for hydroxylation is 1. The van der Waals surface area contributed by atoms with Crippen molar-refractivity contribution in [3.8, 4) is 0 Å². The second kappa shape index (κ2) is 5.80. The van der Waals surface area contributed by atoms with Gasteiger partial charge in [0.25, 0.3) is 0 Å². The number of hydrogen-bond donors (Lipinski definition) is 2. The highest BCUT2D eigenvalue weighted by Gasteiger charge is 2.22. The van der Waals surface area contributed by atoms with Crippen LogP contribution in [0.5, 0.6) is 0 Å². The minimum absolute atomic E-state index is 0.798. The first-order chi connectivity index (χ1) is 7.79. The van der Waals surface area contributed by atoms with Gasteiger partial charge in [0.15, 0.2) is 0 Å². The van der Waals surface area contributed by atoms with E-state index in [-0.39, 0.29) is 0 Å². The molecule has 16 heavy (non-hydrogen) atoms. The lowest BCUT2D eigenvalue weighted by atomic mass is 9.89. The van der Waals surface area contributed by atoms with Gasteiger partial charge >= 0.3 is 0 Å². The molecule has 0 saturated carbocycles. The maximum atomic E-state index is 3.57. The standard InChI is InChI=1S/C13H22N2S/c1-3-12-4-5-13(16-12)9-14-6-10(2)11-7-15-8-11/h4-5,10-11,14-15H,3,6-9H2,1-2H3. The summed E-state index contributed by atoms with van der Waals surface area (Å²) in [5.74, 6) is 1.69. The SMILES string of the molecule is CCc1ccc(CNCC(C)C2CNC2)s1.